The van der Waals surface area contributed by atoms with E-state index in [1.54, 1.807) is 12.1 Å². The lowest BCUT2D eigenvalue weighted by atomic mass is 10.1. The fraction of sp³-hybridized carbons (Fsp3) is 0.462. The summed E-state index contributed by atoms with van der Waals surface area (Å²) >= 11 is 0. The van der Waals surface area contributed by atoms with Gasteiger partial charge in [-0.3, -0.25) is 0 Å². The van der Waals surface area contributed by atoms with Crippen molar-refractivity contribution in [2.75, 3.05) is 6.54 Å². The average molecular weight is 253 g/mol. The van der Waals surface area contributed by atoms with Crippen LogP contribution in [0.5, 0.6) is 0 Å². The molecule has 0 saturated carbocycles. The summed E-state index contributed by atoms with van der Waals surface area (Å²) in [7, 11) is 0. The molecule has 100 valence electrons. The lowest BCUT2D eigenvalue weighted by molar-refractivity contribution is 0.318. The molecule has 0 aliphatic heterocycles. The zero-order valence-electron chi connectivity index (χ0n) is 10.8. The molecule has 1 aromatic carbocycles. The van der Waals surface area contributed by atoms with Crippen LogP contribution in [0.4, 0.5) is 4.39 Å². The van der Waals surface area contributed by atoms with Crippen LogP contribution in [0.2, 0.25) is 0 Å². The largest absolute Gasteiger partial charge is 0.409 e. The molecule has 0 bridgehead atoms. The van der Waals surface area contributed by atoms with Crippen molar-refractivity contribution in [1.29, 1.82) is 0 Å². The molecular formula is C13H20FN3O. The average Bonchev–Trinajstić information content (AvgIpc) is 2.35. The van der Waals surface area contributed by atoms with Gasteiger partial charge in [0.05, 0.1) is 5.56 Å². The van der Waals surface area contributed by atoms with E-state index in [0.29, 0.717) is 18.0 Å². The van der Waals surface area contributed by atoms with Crippen molar-refractivity contribution < 1.29 is 9.60 Å². The third kappa shape index (κ3) is 4.00. The number of nitrogens with two attached hydrogens (primary N) is 1. The Morgan fingerprint density at radius 1 is 1.50 bits per heavy atom. The second-order valence-corrected chi connectivity index (χ2v) is 4.62. The van der Waals surface area contributed by atoms with Gasteiger partial charge >= 0.3 is 0 Å². The Labute approximate surface area is 107 Å². The van der Waals surface area contributed by atoms with Crippen molar-refractivity contribution in [3.63, 3.8) is 0 Å². The van der Waals surface area contributed by atoms with Crippen LogP contribution in [0, 0.1) is 11.7 Å². The van der Waals surface area contributed by atoms with Crippen molar-refractivity contribution in [3.8, 4) is 0 Å². The van der Waals surface area contributed by atoms with Gasteiger partial charge in [0.25, 0.3) is 0 Å². The summed E-state index contributed by atoms with van der Waals surface area (Å²) in [6, 6.07) is 4.86. The van der Waals surface area contributed by atoms with E-state index in [0.717, 1.165) is 13.0 Å². The summed E-state index contributed by atoms with van der Waals surface area (Å²) in [6.07, 6.45) is 1.04. The third-order valence-electron chi connectivity index (χ3n) is 2.68. The van der Waals surface area contributed by atoms with Gasteiger partial charge in [0.1, 0.15) is 5.82 Å². The van der Waals surface area contributed by atoms with Crippen LogP contribution in [-0.2, 0) is 6.54 Å². The second kappa shape index (κ2) is 6.96. The number of benzene rings is 1. The minimum absolute atomic E-state index is 0.126. The molecule has 0 fully saturated rings. The number of hydrogen-bond acceptors (Lipinski definition) is 3. The number of amidine groups is 1. The Balaban J connectivity index is 2.67. The van der Waals surface area contributed by atoms with Crippen molar-refractivity contribution in [2.45, 2.75) is 26.8 Å². The molecule has 0 heterocycles. The van der Waals surface area contributed by atoms with E-state index in [1.807, 2.05) is 0 Å². The smallest absolute Gasteiger partial charge is 0.173 e. The van der Waals surface area contributed by atoms with E-state index in [9.17, 15) is 4.39 Å². The summed E-state index contributed by atoms with van der Waals surface area (Å²) < 4.78 is 14.0. The van der Waals surface area contributed by atoms with Crippen molar-refractivity contribution in [3.05, 3.63) is 35.1 Å². The van der Waals surface area contributed by atoms with E-state index in [1.165, 1.54) is 6.07 Å². The summed E-state index contributed by atoms with van der Waals surface area (Å²) in [4.78, 5) is 0. The first-order chi connectivity index (χ1) is 8.56. The van der Waals surface area contributed by atoms with Crippen LogP contribution in [0.25, 0.3) is 0 Å². The van der Waals surface area contributed by atoms with Gasteiger partial charge in [-0.05, 0) is 24.9 Å². The molecule has 5 heteroatoms. The molecule has 1 aromatic rings. The van der Waals surface area contributed by atoms with Gasteiger partial charge in [0.2, 0.25) is 0 Å². The third-order valence-corrected chi connectivity index (χ3v) is 2.68. The van der Waals surface area contributed by atoms with Crippen LogP contribution >= 0.6 is 0 Å². The molecule has 0 atom stereocenters. The first-order valence-electron chi connectivity index (χ1n) is 6.02. The first-order valence-corrected chi connectivity index (χ1v) is 6.02. The lowest BCUT2D eigenvalue weighted by Crippen LogP contribution is -2.20. The topological polar surface area (TPSA) is 70.6 Å². The normalized spacial score (nSPS) is 12.1. The van der Waals surface area contributed by atoms with Crippen LogP contribution in [-0.4, -0.2) is 17.6 Å². The fourth-order valence-electron chi connectivity index (χ4n) is 1.58. The lowest BCUT2D eigenvalue weighted by Gasteiger charge is -2.09. The Hall–Kier alpha value is -1.62. The Kier molecular flexibility index (Phi) is 5.58. The highest BCUT2D eigenvalue weighted by molar-refractivity contribution is 5.97. The van der Waals surface area contributed by atoms with E-state index < -0.39 is 5.82 Å². The molecule has 18 heavy (non-hydrogen) atoms. The van der Waals surface area contributed by atoms with Gasteiger partial charge in [-0.2, -0.15) is 0 Å². The molecule has 0 spiro atoms. The van der Waals surface area contributed by atoms with Crippen LogP contribution in [0.1, 0.15) is 31.4 Å². The van der Waals surface area contributed by atoms with Crippen molar-refractivity contribution in [1.82, 2.24) is 5.32 Å². The highest BCUT2D eigenvalue weighted by Crippen LogP contribution is 2.12. The minimum atomic E-state index is -0.440. The molecule has 4 N–H and O–H groups in total. The number of rotatable bonds is 6. The zero-order chi connectivity index (χ0) is 13.5. The maximum absolute atomic E-state index is 14.0. The summed E-state index contributed by atoms with van der Waals surface area (Å²) in [5, 5.41) is 14.5. The van der Waals surface area contributed by atoms with E-state index in [-0.39, 0.29) is 11.4 Å². The fourth-order valence-corrected chi connectivity index (χ4v) is 1.58. The molecule has 0 aromatic heterocycles. The maximum atomic E-state index is 14.0. The SMILES string of the molecule is CC(C)CCNCc1cccc(/C(N)=N/O)c1F. The van der Waals surface area contributed by atoms with Gasteiger partial charge < -0.3 is 16.3 Å². The van der Waals surface area contributed by atoms with Gasteiger partial charge in [0.15, 0.2) is 5.84 Å². The minimum Gasteiger partial charge on any atom is -0.409 e. The number of nitrogens with one attached hydrogen (secondary N) is 1. The monoisotopic (exact) mass is 253 g/mol. The number of halogens is 1. The molecule has 0 aliphatic carbocycles. The van der Waals surface area contributed by atoms with E-state index in [4.69, 9.17) is 10.9 Å². The zero-order valence-corrected chi connectivity index (χ0v) is 10.8. The maximum Gasteiger partial charge on any atom is 0.173 e. The Morgan fingerprint density at radius 3 is 2.83 bits per heavy atom. The number of oxime groups is 1. The van der Waals surface area contributed by atoms with Crippen molar-refractivity contribution in [2.24, 2.45) is 16.8 Å². The molecule has 0 amide bonds. The Bertz CT molecular complexity index is 419. The molecular weight excluding hydrogens is 233 g/mol. The molecule has 0 radical (unpaired) electrons. The second-order valence-electron chi connectivity index (χ2n) is 4.62. The van der Waals surface area contributed by atoms with Crippen LogP contribution in [0.3, 0.4) is 0 Å². The van der Waals surface area contributed by atoms with Crippen LogP contribution < -0.4 is 11.1 Å². The molecule has 0 saturated heterocycles. The quantitative estimate of drug-likeness (QED) is 0.239. The van der Waals surface area contributed by atoms with Gasteiger partial charge in [-0.1, -0.05) is 31.1 Å². The molecule has 0 unspecified atom stereocenters. The standard InChI is InChI=1S/C13H20FN3O/c1-9(2)6-7-16-8-10-4-3-5-11(12(10)14)13(15)17-18/h3-5,9,16,18H,6-8H2,1-2H3,(H2,15,17). The van der Waals surface area contributed by atoms with Crippen molar-refractivity contribution >= 4 is 5.84 Å². The Morgan fingerprint density at radius 2 is 2.22 bits per heavy atom. The molecule has 0 aliphatic rings. The van der Waals surface area contributed by atoms with Crippen LogP contribution in [0.15, 0.2) is 23.4 Å². The number of nitrogens with zero attached hydrogens (tertiary/aromatic N) is 1. The van der Waals surface area contributed by atoms with Gasteiger partial charge in [-0.25, -0.2) is 4.39 Å². The predicted octanol–water partition coefficient (Wildman–Crippen LogP) is 2.06. The predicted molar refractivity (Wildman–Crippen MR) is 70.1 cm³/mol. The number of hydrogen-bond donors (Lipinski definition) is 3. The summed E-state index contributed by atoms with van der Waals surface area (Å²) in [6.45, 7) is 5.55. The summed E-state index contributed by atoms with van der Waals surface area (Å²) in [5.74, 6) is -0.0350. The summed E-state index contributed by atoms with van der Waals surface area (Å²) in [5.41, 5.74) is 6.04. The van der Waals surface area contributed by atoms with Gasteiger partial charge in [-0.15, -0.1) is 0 Å². The molecule has 1 rings (SSSR count). The highest BCUT2D eigenvalue weighted by atomic mass is 19.1. The van der Waals surface area contributed by atoms with E-state index in [2.05, 4.69) is 24.3 Å². The highest BCUT2D eigenvalue weighted by Gasteiger charge is 2.10. The van der Waals surface area contributed by atoms with E-state index >= 15 is 0 Å². The molecule has 4 nitrogen and oxygen atoms in total. The van der Waals surface area contributed by atoms with Gasteiger partial charge in [0, 0.05) is 12.1 Å². The first kappa shape index (κ1) is 14.4.